The molecule has 7 heteroatoms. The summed E-state index contributed by atoms with van der Waals surface area (Å²) in [5.74, 6) is 1.08. The number of nitrogens with one attached hydrogen (secondary N) is 1. The highest BCUT2D eigenvalue weighted by molar-refractivity contribution is 7.16. The Kier molecular flexibility index (Phi) is 6.40. The van der Waals surface area contributed by atoms with Crippen LogP contribution in [0, 0.1) is 0 Å². The molecule has 1 aliphatic rings. The number of likely N-dealkylation sites (N-methyl/N-ethyl adjacent to an activating group) is 1. The van der Waals surface area contributed by atoms with Crippen molar-refractivity contribution >= 4 is 34.5 Å². The van der Waals surface area contributed by atoms with Crippen LogP contribution in [0.1, 0.15) is 4.88 Å². The lowest BCUT2D eigenvalue weighted by atomic mass is 10.2. The van der Waals surface area contributed by atoms with Gasteiger partial charge in [0.05, 0.1) is 23.4 Å². The highest BCUT2D eigenvalue weighted by Gasteiger charge is 2.23. The molecule has 140 valence electrons. The molecule has 1 amide bonds. The predicted octanol–water partition coefficient (Wildman–Crippen LogP) is 1.77. The van der Waals surface area contributed by atoms with E-state index in [2.05, 4.69) is 24.1 Å². The topological polar surface area (TPSA) is 37.2 Å². The third-order valence-corrected chi connectivity index (χ3v) is 5.86. The van der Waals surface area contributed by atoms with Crippen LogP contribution in [0.2, 0.25) is 4.34 Å². The van der Waals surface area contributed by atoms with Gasteiger partial charge in [0.15, 0.2) is 6.54 Å². The second-order valence-electron chi connectivity index (χ2n) is 6.58. The number of benzene rings is 1. The summed E-state index contributed by atoms with van der Waals surface area (Å²) in [6.45, 7) is 4.59. The van der Waals surface area contributed by atoms with E-state index >= 15 is 0 Å². The summed E-state index contributed by atoms with van der Waals surface area (Å²) in [4.78, 5) is 19.3. The van der Waals surface area contributed by atoms with Gasteiger partial charge in [-0.15, -0.1) is 11.3 Å². The predicted molar refractivity (Wildman–Crippen MR) is 107 cm³/mol. The molecule has 0 saturated carbocycles. The minimum atomic E-state index is 0.222. The van der Waals surface area contributed by atoms with E-state index in [1.54, 1.807) is 18.4 Å². The lowest BCUT2D eigenvalue weighted by Crippen LogP contribution is -3.08. The van der Waals surface area contributed by atoms with Gasteiger partial charge in [0, 0.05) is 31.9 Å². The fraction of sp³-hybridized carbons (Fsp3) is 0.421. The van der Waals surface area contributed by atoms with E-state index in [0.717, 1.165) is 42.8 Å². The first-order chi connectivity index (χ1) is 12.5. The Bertz CT molecular complexity index is 727. The number of rotatable bonds is 6. The van der Waals surface area contributed by atoms with E-state index in [1.165, 1.54) is 15.5 Å². The molecule has 2 aromatic rings. The van der Waals surface area contributed by atoms with E-state index in [4.69, 9.17) is 16.3 Å². The number of amides is 1. The quantitative estimate of drug-likeness (QED) is 0.811. The molecule has 1 aromatic carbocycles. The molecule has 0 aliphatic carbocycles. The zero-order chi connectivity index (χ0) is 18.5. The van der Waals surface area contributed by atoms with Gasteiger partial charge < -0.3 is 19.4 Å². The van der Waals surface area contributed by atoms with Crippen molar-refractivity contribution < 1.29 is 14.4 Å². The summed E-state index contributed by atoms with van der Waals surface area (Å²) < 4.78 is 6.01. The standard InChI is InChI=1S/C19H24ClN3O2S/c1-21(13-17-7-8-18(20)26-17)14-19(24)23-11-9-22(10-12-23)15-3-5-16(25-2)6-4-15/h3-8H,9-14H2,1-2H3/p+1. The Labute approximate surface area is 163 Å². The number of quaternary nitrogens is 1. The van der Waals surface area contributed by atoms with Crippen LogP contribution in [0.4, 0.5) is 5.69 Å². The molecule has 2 heterocycles. The average molecular weight is 395 g/mol. The summed E-state index contributed by atoms with van der Waals surface area (Å²) >= 11 is 7.56. The smallest absolute Gasteiger partial charge is 0.277 e. The van der Waals surface area contributed by atoms with Crippen molar-refractivity contribution in [3.05, 3.63) is 45.6 Å². The highest BCUT2D eigenvalue weighted by Crippen LogP contribution is 2.21. The fourth-order valence-corrected chi connectivity index (χ4v) is 4.39. The second-order valence-corrected chi connectivity index (χ2v) is 8.38. The Morgan fingerprint density at radius 2 is 1.85 bits per heavy atom. The Morgan fingerprint density at radius 3 is 2.42 bits per heavy atom. The van der Waals surface area contributed by atoms with Gasteiger partial charge in [-0.05, 0) is 36.4 Å². The normalized spacial score (nSPS) is 15.8. The lowest BCUT2D eigenvalue weighted by Gasteiger charge is -2.36. The Hall–Kier alpha value is -1.76. The third kappa shape index (κ3) is 4.90. The van der Waals surface area contributed by atoms with E-state index in [1.807, 2.05) is 29.2 Å². The molecule has 1 fully saturated rings. The number of hydrogen-bond donors (Lipinski definition) is 1. The summed E-state index contributed by atoms with van der Waals surface area (Å²) in [5, 5.41) is 0. The fourth-order valence-electron chi connectivity index (χ4n) is 3.18. The lowest BCUT2D eigenvalue weighted by molar-refractivity contribution is -0.885. The number of ether oxygens (including phenoxy) is 1. The van der Waals surface area contributed by atoms with E-state index < -0.39 is 0 Å². The van der Waals surface area contributed by atoms with Crippen LogP contribution in [0.3, 0.4) is 0 Å². The van der Waals surface area contributed by atoms with Crippen LogP contribution in [0.5, 0.6) is 5.75 Å². The largest absolute Gasteiger partial charge is 0.497 e. The van der Waals surface area contributed by atoms with Crippen LogP contribution < -0.4 is 14.5 Å². The number of carbonyl (C=O) groups excluding carboxylic acids is 1. The molecule has 0 spiro atoms. The van der Waals surface area contributed by atoms with E-state index in [0.29, 0.717) is 6.54 Å². The molecule has 1 saturated heterocycles. The molecule has 1 aromatic heterocycles. The summed E-state index contributed by atoms with van der Waals surface area (Å²) in [6, 6.07) is 12.0. The van der Waals surface area contributed by atoms with Crippen molar-refractivity contribution in [1.29, 1.82) is 0 Å². The molecule has 1 N–H and O–H groups in total. The van der Waals surface area contributed by atoms with Gasteiger partial charge in [0.1, 0.15) is 12.3 Å². The SMILES string of the molecule is COc1ccc(N2CCN(C(=O)C[NH+](C)Cc3ccc(Cl)s3)CC2)cc1. The van der Waals surface area contributed by atoms with Crippen molar-refractivity contribution in [2.75, 3.05) is 51.8 Å². The number of halogens is 1. The number of nitrogens with zero attached hydrogens (tertiary/aromatic N) is 2. The molecule has 3 rings (SSSR count). The summed E-state index contributed by atoms with van der Waals surface area (Å²) in [5.41, 5.74) is 1.18. The number of hydrogen-bond acceptors (Lipinski definition) is 4. The first kappa shape index (κ1) is 19.0. The first-order valence-electron chi connectivity index (χ1n) is 8.77. The molecule has 1 aliphatic heterocycles. The zero-order valence-electron chi connectivity index (χ0n) is 15.2. The molecule has 0 radical (unpaired) electrons. The molecular weight excluding hydrogens is 370 g/mol. The second kappa shape index (κ2) is 8.75. The first-order valence-corrected chi connectivity index (χ1v) is 9.97. The number of thiophene rings is 1. The van der Waals surface area contributed by atoms with Crippen LogP contribution in [-0.4, -0.2) is 57.7 Å². The number of anilines is 1. The van der Waals surface area contributed by atoms with Gasteiger partial charge >= 0.3 is 0 Å². The molecular formula is C19H25ClN3O2S+. The van der Waals surface area contributed by atoms with Crippen molar-refractivity contribution in [3.8, 4) is 5.75 Å². The maximum atomic E-state index is 12.6. The van der Waals surface area contributed by atoms with E-state index in [-0.39, 0.29) is 5.91 Å². The van der Waals surface area contributed by atoms with Crippen LogP contribution >= 0.6 is 22.9 Å². The zero-order valence-corrected chi connectivity index (χ0v) is 16.8. The Balaban J connectivity index is 1.46. The van der Waals surface area contributed by atoms with E-state index in [9.17, 15) is 4.79 Å². The van der Waals surface area contributed by atoms with Crippen molar-refractivity contribution in [2.45, 2.75) is 6.54 Å². The average Bonchev–Trinajstić information content (AvgIpc) is 3.06. The molecule has 1 atom stereocenters. The summed E-state index contributed by atoms with van der Waals surface area (Å²) in [6.07, 6.45) is 0. The number of piperazine rings is 1. The minimum absolute atomic E-state index is 0.222. The van der Waals surface area contributed by atoms with Gasteiger partial charge in [-0.1, -0.05) is 11.6 Å². The van der Waals surface area contributed by atoms with Gasteiger partial charge in [0.2, 0.25) is 0 Å². The van der Waals surface area contributed by atoms with Gasteiger partial charge in [-0.25, -0.2) is 0 Å². The number of methoxy groups -OCH3 is 1. The van der Waals surface area contributed by atoms with Crippen molar-refractivity contribution in [3.63, 3.8) is 0 Å². The third-order valence-electron chi connectivity index (χ3n) is 4.63. The van der Waals surface area contributed by atoms with Crippen molar-refractivity contribution in [1.82, 2.24) is 4.90 Å². The van der Waals surface area contributed by atoms with Gasteiger partial charge in [0.25, 0.3) is 5.91 Å². The molecule has 1 unspecified atom stereocenters. The minimum Gasteiger partial charge on any atom is -0.497 e. The molecule has 5 nitrogen and oxygen atoms in total. The monoisotopic (exact) mass is 394 g/mol. The Morgan fingerprint density at radius 1 is 1.15 bits per heavy atom. The maximum absolute atomic E-state index is 12.6. The van der Waals surface area contributed by atoms with Crippen LogP contribution in [0.15, 0.2) is 36.4 Å². The summed E-state index contributed by atoms with van der Waals surface area (Å²) in [7, 11) is 3.73. The molecule has 26 heavy (non-hydrogen) atoms. The number of carbonyl (C=O) groups is 1. The van der Waals surface area contributed by atoms with Crippen LogP contribution in [-0.2, 0) is 11.3 Å². The maximum Gasteiger partial charge on any atom is 0.277 e. The van der Waals surface area contributed by atoms with Gasteiger partial charge in [-0.3, -0.25) is 4.79 Å². The highest BCUT2D eigenvalue weighted by atomic mass is 35.5. The van der Waals surface area contributed by atoms with Gasteiger partial charge in [-0.2, -0.15) is 0 Å². The molecule has 0 bridgehead atoms. The van der Waals surface area contributed by atoms with Crippen LogP contribution in [0.25, 0.3) is 0 Å². The van der Waals surface area contributed by atoms with Crippen molar-refractivity contribution in [2.24, 2.45) is 0 Å².